The number of esters is 2. The van der Waals surface area contributed by atoms with Crippen LogP contribution in [0.1, 0.15) is 20.8 Å². The molecule has 0 saturated carbocycles. The molecule has 26 heavy (non-hydrogen) atoms. The Morgan fingerprint density at radius 1 is 1.00 bits per heavy atom. The molecule has 0 aliphatic rings. The molecular weight excluding hydrogens is 400 g/mol. The first-order valence-electron chi connectivity index (χ1n) is 7.67. The maximum absolute atomic E-state index is 12.5. The minimum absolute atomic E-state index is 0.0220. The zero-order chi connectivity index (χ0) is 18.7. The summed E-state index contributed by atoms with van der Waals surface area (Å²) in [6, 6.07) is 14.7. The van der Waals surface area contributed by atoms with E-state index in [1.54, 1.807) is 12.1 Å². The Balaban J connectivity index is 2.36. The van der Waals surface area contributed by atoms with Gasteiger partial charge in [0.2, 0.25) is 0 Å². The van der Waals surface area contributed by atoms with Crippen LogP contribution in [0.4, 0.5) is 11.4 Å². The number of aromatic nitrogens is 1. The molecule has 1 N–H and O–H groups in total. The Morgan fingerprint density at radius 2 is 1.69 bits per heavy atom. The zero-order valence-electron chi connectivity index (χ0n) is 14.1. The van der Waals surface area contributed by atoms with Gasteiger partial charge in [-0.2, -0.15) is 0 Å². The fraction of sp³-hybridized carbons (Fsp3) is 0.105. The molecule has 132 valence electrons. The minimum atomic E-state index is -0.716. The lowest BCUT2D eigenvalue weighted by Gasteiger charge is -2.16. The second-order valence-electron chi connectivity index (χ2n) is 5.35. The van der Waals surface area contributed by atoms with Crippen LogP contribution in [0, 0.1) is 0 Å². The largest absolute Gasteiger partial charge is 0.465 e. The molecule has 3 aromatic rings. The number of nitrogens with zero attached hydrogens (tertiary/aromatic N) is 1. The van der Waals surface area contributed by atoms with E-state index in [1.807, 2.05) is 36.4 Å². The number of hydrogen-bond donors (Lipinski definition) is 1. The molecular formula is C19H15BrN2O4. The third-order valence-corrected chi connectivity index (χ3v) is 4.25. The molecule has 0 amide bonds. The highest BCUT2D eigenvalue weighted by Crippen LogP contribution is 2.34. The first-order valence-corrected chi connectivity index (χ1v) is 8.46. The van der Waals surface area contributed by atoms with E-state index in [2.05, 4.69) is 26.2 Å². The smallest absolute Gasteiger partial charge is 0.357 e. The van der Waals surface area contributed by atoms with Crippen molar-refractivity contribution in [2.75, 3.05) is 19.5 Å². The van der Waals surface area contributed by atoms with E-state index in [1.165, 1.54) is 14.2 Å². The zero-order valence-corrected chi connectivity index (χ0v) is 15.7. The number of ether oxygens (including phenoxy) is 2. The molecule has 2 aromatic carbocycles. The number of hydrogen-bond acceptors (Lipinski definition) is 6. The number of carbonyl (C=O) groups is 2. The minimum Gasteiger partial charge on any atom is -0.465 e. The molecule has 0 unspecified atom stereocenters. The van der Waals surface area contributed by atoms with E-state index < -0.39 is 11.9 Å². The predicted molar refractivity (Wildman–Crippen MR) is 102 cm³/mol. The molecule has 0 saturated heterocycles. The fourth-order valence-electron chi connectivity index (χ4n) is 2.58. The number of benzene rings is 2. The molecule has 0 aliphatic carbocycles. The van der Waals surface area contributed by atoms with E-state index in [4.69, 9.17) is 9.47 Å². The van der Waals surface area contributed by atoms with Crippen LogP contribution in [0.5, 0.6) is 0 Å². The van der Waals surface area contributed by atoms with Crippen molar-refractivity contribution < 1.29 is 19.1 Å². The summed E-state index contributed by atoms with van der Waals surface area (Å²) < 4.78 is 10.5. The van der Waals surface area contributed by atoms with Gasteiger partial charge < -0.3 is 14.8 Å². The van der Waals surface area contributed by atoms with Crippen LogP contribution < -0.4 is 5.32 Å². The van der Waals surface area contributed by atoms with E-state index in [0.29, 0.717) is 16.6 Å². The second kappa shape index (κ2) is 7.53. The highest BCUT2D eigenvalue weighted by molar-refractivity contribution is 9.10. The number of fused-ring (bicyclic) bond motifs is 1. The highest BCUT2D eigenvalue weighted by atomic mass is 79.9. The van der Waals surface area contributed by atoms with E-state index >= 15 is 0 Å². The molecule has 6 nitrogen and oxygen atoms in total. The second-order valence-corrected chi connectivity index (χ2v) is 6.26. The molecule has 3 rings (SSSR count). The topological polar surface area (TPSA) is 77.5 Å². The number of halogens is 1. The van der Waals surface area contributed by atoms with Gasteiger partial charge in [0.25, 0.3) is 0 Å². The van der Waals surface area contributed by atoms with Crippen molar-refractivity contribution in [3.63, 3.8) is 0 Å². The van der Waals surface area contributed by atoms with Crippen molar-refractivity contribution in [1.29, 1.82) is 0 Å². The normalized spacial score (nSPS) is 10.4. The summed E-state index contributed by atoms with van der Waals surface area (Å²) in [7, 11) is 2.49. The van der Waals surface area contributed by atoms with Crippen molar-refractivity contribution in [1.82, 2.24) is 4.98 Å². The maximum atomic E-state index is 12.5. The Hall–Kier alpha value is -2.93. The van der Waals surface area contributed by atoms with Crippen LogP contribution in [0.3, 0.4) is 0 Å². The predicted octanol–water partition coefficient (Wildman–Crippen LogP) is 4.31. The summed E-state index contributed by atoms with van der Waals surface area (Å²) in [5.41, 5.74) is 1.64. The number of pyridine rings is 1. The molecule has 0 radical (unpaired) electrons. The Labute approximate surface area is 158 Å². The van der Waals surface area contributed by atoms with Gasteiger partial charge in [0, 0.05) is 15.5 Å². The highest BCUT2D eigenvalue weighted by Gasteiger charge is 2.27. The average Bonchev–Trinajstić information content (AvgIpc) is 2.67. The van der Waals surface area contributed by atoms with Gasteiger partial charge >= 0.3 is 11.9 Å². The SMILES string of the molecule is COC(=O)c1nc2ccc(Br)cc2c(Nc2ccccc2)c1C(=O)OC. The lowest BCUT2D eigenvalue weighted by Crippen LogP contribution is -2.17. The van der Waals surface area contributed by atoms with Gasteiger partial charge in [-0.25, -0.2) is 14.6 Å². The summed E-state index contributed by atoms with van der Waals surface area (Å²) in [5.74, 6) is -1.40. The number of anilines is 2. The monoisotopic (exact) mass is 414 g/mol. The van der Waals surface area contributed by atoms with Crippen molar-refractivity contribution in [2.24, 2.45) is 0 Å². The van der Waals surface area contributed by atoms with Crippen molar-refractivity contribution in [3.8, 4) is 0 Å². The maximum Gasteiger partial charge on any atom is 0.357 e. The standard InChI is InChI=1S/C19H15BrN2O4/c1-25-18(23)15-16(21-12-6-4-3-5-7-12)13-10-11(20)8-9-14(13)22-17(15)19(24)26-2/h3-10H,1-2H3,(H,21,22). The van der Waals surface area contributed by atoms with Gasteiger partial charge in [-0.3, -0.25) is 0 Å². The molecule has 0 bridgehead atoms. The molecule has 0 atom stereocenters. The summed E-state index contributed by atoms with van der Waals surface area (Å²) in [6.45, 7) is 0. The molecule has 7 heteroatoms. The van der Waals surface area contributed by atoms with Crippen LogP contribution >= 0.6 is 15.9 Å². The molecule has 0 spiro atoms. The fourth-order valence-corrected chi connectivity index (χ4v) is 2.94. The van der Waals surface area contributed by atoms with Gasteiger partial charge in [-0.15, -0.1) is 0 Å². The first kappa shape index (κ1) is 17.9. The number of carbonyl (C=O) groups excluding carboxylic acids is 2. The number of methoxy groups -OCH3 is 2. The van der Waals surface area contributed by atoms with E-state index in [0.717, 1.165) is 10.2 Å². The van der Waals surface area contributed by atoms with Crippen LogP contribution in [0.25, 0.3) is 10.9 Å². The van der Waals surface area contributed by atoms with Crippen molar-refractivity contribution in [3.05, 3.63) is 64.3 Å². The number of rotatable bonds is 4. The molecule has 1 heterocycles. The molecule has 0 aliphatic heterocycles. The lowest BCUT2D eigenvalue weighted by molar-refractivity contribution is 0.0551. The summed E-state index contributed by atoms with van der Waals surface area (Å²) >= 11 is 3.43. The summed E-state index contributed by atoms with van der Waals surface area (Å²) in [6.07, 6.45) is 0. The summed E-state index contributed by atoms with van der Waals surface area (Å²) in [5, 5.41) is 3.87. The van der Waals surface area contributed by atoms with Crippen molar-refractivity contribution in [2.45, 2.75) is 0 Å². The third kappa shape index (κ3) is 3.39. The van der Waals surface area contributed by atoms with Gasteiger partial charge in [0.1, 0.15) is 5.56 Å². The van der Waals surface area contributed by atoms with Gasteiger partial charge in [-0.05, 0) is 30.3 Å². The molecule has 0 fully saturated rings. The van der Waals surface area contributed by atoms with Gasteiger partial charge in [0.05, 0.1) is 25.4 Å². The average molecular weight is 415 g/mol. The summed E-state index contributed by atoms with van der Waals surface area (Å²) in [4.78, 5) is 29.0. The van der Waals surface area contributed by atoms with Crippen LogP contribution in [-0.2, 0) is 9.47 Å². The Morgan fingerprint density at radius 3 is 2.35 bits per heavy atom. The number of nitrogens with one attached hydrogen (secondary N) is 1. The number of para-hydroxylation sites is 1. The molecule has 1 aromatic heterocycles. The van der Waals surface area contributed by atoms with Crippen LogP contribution in [0.15, 0.2) is 53.0 Å². The van der Waals surface area contributed by atoms with Crippen molar-refractivity contribution >= 4 is 50.1 Å². The Kier molecular flexibility index (Phi) is 5.18. The lowest BCUT2D eigenvalue weighted by atomic mass is 10.0. The third-order valence-electron chi connectivity index (χ3n) is 3.76. The Bertz CT molecular complexity index is 990. The van der Waals surface area contributed by atoms with Crippen LogP contribution in [-0.4, -0.2) is 31.1 Å². The van der Waals surface area contributed by atoms with Crippen LogP contribution in [0.2, 0.25) is 0 Å². The van der Waals surface area contributed by atoms with Gasteiger partial charge in [0.15, 0.2) is 5.69 Å². The quantitative estimate of drug-likeness (QED) is 0.640. The van der Waals surface area contributed by atoms with Gasteiger partial charge in [-0.1, -0.05) is 34.1 Å². The van der Waals surface area contributed by atoms with E-state index in [9.17, 15) is 9.59 Å². The van der Waals surface area contributed by atoms with E-state index in [-0.39, 0.29) is 11.3 Å². The first-order chi connectivity index (χ1) is 12.5.